The Balaban J connectivity index is 2.15. The number of hydrogen-bond acceptors (Lipinski definition) is 1. The van der Waals surface area contributed by atoms with Crippen LogP contribution < -0.4 is 5.32 Å². The van der Waals surface area contributed by atoms with Gasteiger partial charge < -0.3 is 5.32 Å². The number of benzene rings is 2. The van der Waals surface area contributed by atoms with Crippen LogP contribution in [0.5, 0.6) is 0 Å². The van der Waals surface area contributed by atoms with E-state index in [1.807, 2.05) is 24.3 Å². The molecule has 2 aromatic rings. The maximum absolute atomic E-state index is 5.89. The summed E-state index contributed by atoms with van der Waals surface area (Å²) in [5.41, 5.74) is 3.56. The molecule has 94 valence electrons. The lowest BCUT2D eigenvalue weighted by Gasteiger charge is -2.17. The molecule has 1 nitrogen and oxygen atoms in total. The van der Waals surface area contributed by atoms with E-state index >= 15 is 0 Å². The van der Waals surface area contributed by atoms with E-state index in [0.29, 0.717) is 0 Å². The molecule has 0 saturated heterocycles. The summed E-state index contributed by atoms with van der Waals surface area (Å²) in [5.74, 6) is 0. The molecule has 3 heteroatoms. The number of hydrogen-bond donors (Lipinski definition) is 1. The minimum Gasteiger partial charge on any atom is -0.378 e. The van der Waals surface area contributed by atoms with Gasteiger partial charge in [-0.2, -0.15) is 0 Å². The Morgan fingerprint density at radius 2 is 1.78 bits per heavy atom. The summed E-state index contributed by atoms with van der Waals surface area (Å²) in [7, 11) is 0. The van der Waals surface area contributed by atoms with Crippen LogP contribution in [0.15, 0.2) is 46.9 Å². The maximum atomic E-state index is 5.89. The van der Waals surface area contributed by atoms with Gasteiger partial charge in [0.25, 0.3) is 0 Å². The van der Waals surface area contributed by atoms with Gasteiger partial charge in [-0.1, -0.05) is 29.8 Å². The zero-order chi connectivity index (χ0) is 13.1. The Morgan fingerprint density at radius 1 is 1.11 bits per heavy atom. The lowest BCUT2D eigenvalue weighted by molar-refractivity contribution is 0.883. The lowest BCUT2D eigenvalue weighted by Crippen LogP contribution is -2.06. The normalized spacial score (nSPS) is 12.2. The minimum atomic E-state index is 0.237. The quantitative estimate of drug-likeness (QED) is 0.776. The summed E-state index contributed by atoms with van der Waals surface area (Å²) in [5, 5.41) is 4.25. The largest absolute Gasteiger partial charge is 0.378 e. The van der Waals surface area contributed by atoms with Crippen molar-refractivity contribution in [2.75, 3.05) is 5.32 Å². The molecule has 0 spiro atoms. The monoisotopic (exact) mass is 323 g/mol. The number of nitrogens with one attached hydrogen (secondary N) is 1. The van der Waals surface area contributed by atoms with Crippen molar-refractivity contribution in [2.24, 2.45) is 0 Å². The first-order valence-electron chi connectivity index (χ1n) is 5.84. The van der Waals surface area contributed by atoms with E-state index in [4.69, 9.17) is 11.6 Å². The van der Waals surface area contributed by atoms with Crippen LogP contribution in [0.3, 0.4) is 0 Å². The van der Waals surface area contributed by atoms with Gasteiger partial charge in [0.2, 0.25) is 0 Å². The van der Waals surface area contributed by atoms with E-state index in [0.717, 1.165) is 15.2 Å². The number of aryl methyl sites for hydroxylation is 1. The highest BCUT2D eigenvalue weighted by Crippen LogP contribution is 2.27. The molecule has 0 heterocycles. The SMILES string of the molecule is Cc1ccc(NC(C)c2ccc(Cl)cc2)c(Br)c1. The first kappa shape index (κ1) is 13.4. The molecule has 1 atom stereocenters. The Kier molecular flexibility index (Phi) is 4.31. The van der Waals surface area contributed by atoms with Crippen LogP contribution in [0, 0.1) is 6.92 Å². The number of rotatable bonds is 3. The third kappa shape index (κ3) is 3.27. The molecule has 0 aliphatic rings. The molecule has 0 amide bonds. The lowest BCUT2D eigenvalue weighted by atomic mass is 10.1. The number of halogens is 2. The topological polar surface area (TPSA) is 12.0 Å². The fourth-order valence-corrected chi connectivity index (χ4v) is 2.54. The van der Waals surface area contributed by atoms with E-state index in [1.54, 1.807) is 0 Å². The Labute approximate surface area is 121 Å². The van der Waals surface area contributed by atoms with Gasteiger partial charge in [-0.25, -0.2) is 0 Å². The second kappa shape index (κ2) is 5.77. The van der Waals surface area contributed by atoms with Crippen molar-refractivity contribution in [1.29, 1.82) is 0 Å². The van der Waals surface area contributed by atoms with E-state index in [1.165, 1.54) is 11.1 Å². The highest BCUT2D eigenvalue weighted by atomic mass is 79.9. The number of anilines is 1. The molecular weight excluding hydrogens is 310 g/mol. The highest BCUT2D eigenvalue weighted by molar-refractivity contribution is 9.10. The fraction of sp³-hybridized carbons (Fsp3) is 0.200. The first-order valence-corrected chi connectivity index (χ1v) is 7.01. The van der Waals surface area contributed by atoms with Gasteiger partial charge in [0, 0.05) is 21.2 Å². The Bertz CT molecular complexity index is 537. The molecule has 0 aliphatic carbocycles. The fourth-order valence-electron chi connectivity index (χ4n) is 1.81. The summed E-state index contributed by atoms with van der Waals surface area (Å²) in [4.78, 5) is 0. The van der Waals surface area contributed by atoms with Gasteiger partial charge in [0.1, 0.15) is 0 Å². The Hall–Kier alpha value is -0.990. The molecule has 1 N–H and O–H groups in total. The van der Waals surface area contributed by atoms with Crippen molar-refractivity contribution in [1.82, 2.24) is 0 Å². The summed E-state index contributed by atoms with van der Waals surface area (Å²) in [6.45, 7) is 4.21. The summed E-state index contributed by atoms with van der Waals surface area (Å²) >= 11 is 9.47. The van der Waals surface area contributed by atoms with Crippen LogP contribution in [0.2, 0.25) is 5.02 Å². The molecular formula is C15H15BrClN. The smallest absolute Gasteiger partial charge is 0.0489 e. The minimum absolute atomic E-state index is 0.237. The van der Waals surface area contributed by atoms with Crippen molar-refractivity contribution in [3.63, 3.8) is 0 Å². The van der Waals surface area contributed by atoms with E-state index in [-0.39, 0.29) is 6.04 Å². The molecule has 2 rings (SSSR count). The van der Waals surface area contributed by atoms with Crippen LogP contribution in [0.25, 0.3) is 0 Å². The maximum Gasteiger partial charge on any atom is 0.0489 e. The van der Waals surface area contributed by atoms with Crippen molar-refractivity contribution in [3.05, 3.63) is 63.1 Å². The van der Waals surface area contributed by atoms with E-state index in [9.17, 15) is 0 Å². The molecule has 1 unspecified atom stereocenters. The molecule has 18 heavy (non-hydrogen) atoms. The average Bonchev–Trinajstić information content (AvgIpc) is 2.33. The zero-order valence-electron chi connectivity index (χ0n) is 10.4. The van der Waals surface area contributed by atoms with Gasteiger partial charge in [-0.15, -0.1) is 0 Å². The summed E-state index contributed by atoms with van der Waals surface area (Å²) < 4.78 is 1.09. The molecule has 0 bridgehead atoms. The van der Waals surface area contributed by atoms with E-state index in [2.05, 4.69) is 53.3 Å². The van der Waals surface area contributed by atoms with E-state index < -0.39 is 0 Å². The summed E-state index contributed by atoms with van der Waals surface area (Å²) in [6.07, 6.45) is 0. The van der Waals surface area contributed by atoms with Gasteiger partial charge in [0.15, 0.2) is 0 Å². The second-order valence-corrected chi connectivity index (χ2v) is 5.69. The highest BCUT2D eigenvalue weighted by Gasteiger charge is 2.07. The predicted molar refractivity (Wildman–Crippen MR) is 82.4 cm³/mol. The van der Waals surface area contributed by atoms with Gasteiger partial charge >= 0.3 is 0 Å². The van der Waals surface area contributed by atoms with Crippen molar-refractivity contribution in [3.8, 4) is 0 Å². The van der Waals surface area contributed by atoms with Crippen LogP contribution >= 0.6 is 27.5 Å². The molecule has 2 aromatic carbocycles. The van der Waals surface area contributed by atoms with Crippen LogP contribution in [-0.4, -0.2) is 0 Å². The van der Waals surface area contributed by atoms with Crippen molar-refractivity contribution >= 4 is 33.2 Å². The van der Waals surface area contributed by atoms with Gasteiger partial charge in [-0.3, -0.25) is 0 Å². The average molecular weight is 325 g/mol. The van der Waals surface area contributed by atoms with Crippen molar-refractivity contribution < 1.29 is 0 Å². The third-order valence-electron chi connectivity index (χ3n) is 2.87. The van der Waals surface area contributed by atoms with Gasteiger partial charge in [-0.05, 0) is 65.2 Å². The first-order chi connectivity index (χ1) is 8.56. The zero-order valence-corrected chi connectivity index (χ0v) is 12.7. The van der Waals surface area contributed by atoms with Crippen LogP contribution in [0.1, 0.15) is 24.1 Å². The van der Waals surface area contributed by atoms with Crippen LogP contribution in [-0.2, 0) is 0 Å². The molecule has 0 aromatic heterocycles. The molecule has 0 radical (unpaired) electrons. The molecule has 0 saturated carbocycles. The third-order valence-corrected chi connectivity index (χ3v) is 3.77. The van der Waals surface area contributed by atoms with Crippen LogP contribution in [0.4, 0.5) is 5.69 Å². The predicted octanol–water partition coefficient (Wildman–Crippen LogP) is 5.58. The second-order valence-electron chi connectivity index (χ2n) is 4.40. The standard InChI is InChI=1S/C15H15BrClN/c1-10-3-8-15(14(16)9-10)18-11(2)12-4-6-13(17)7-5-12/h3-9,11,18H,1-2H3. The van der Waals surface area contributed by atoms with Crippen molar-refractivity contribution in [2.45, 2.75) is 19.9 Å². The molecule has 0 fully saturated rings. The summed E-state index contributed by atoms with van der Waals surface area (Å²) in [6, 6.07) is 14.5. The van der Waals surface area contributed by atoms with Gasteiger partial charge in [0.05, 0.1) is 0 Å². The molecule has 0 aliphatic heterocycles. The Morgan fingerprint density at radius 3 is 2.39 bits per heavy atom.